The number of hydrogen-bond acceptors (Lipinski definition) is 3. The van der Waals surface area contributed by atoms with Gasteiger partial charge in [-0.2, -0.15) is 13.2 Å². The highest BCUT2D eigenvalue weighted by Crippen LogP contribution is 2.32. The largest absolute Gasteiger partial charge is 0.416 e. The van der Waals surface area contributed by atoms with Gasteiger partial charge in [-0.05, 0) is 42.5 Å². The number of carbonyl (C=O) groups excluding carboxylic acids is 1. The normalized spacial score (nSPS) is 11.6. The summed E-state index contributed by atoms with van der Waals surface area (Å²) in [5.74, 6) is 0.682. The van der Waals surface area contributed by atoms with Crippen molar-refractivity contribution in [2.24, 2.45) is 0 Å². The van der Waals surface area contributed by atoms with E-state index in [4.69, 9.17) is 11.6 Å². The van der Waals surface area contributed by atoms with Crippen LogP contribution in [-0.4, -0.2) is 15.5 Å². The Hall–Kier alpha value is -2.97. The molecule has 4 nitrogen and oxygen atoms in total. The number of benzene rings is 3. The summed E-state index contributed by atoms with van der Waals surface area (Å²) in [6.45, 7) is -0.0881. The Labute approximate surface area is 191 Å². The second-order valence-electron chi connectivity index (χ2n) is 6.95. The molecule has 0 fully saturated rings. The quantitative estimate of drug-likeness (QED) is 0.318. The van der Waals surface area contributed by atoms with Crippen LogP contribution >= 0.6 is 23.4 Å². The van der Waals surface area contributed by atoms with Gasteiger partial charge in [0.1, 0.15) is 12.4 Å². The minimum Gasteiger partial charge on any atom is -0.325 e. The summed E-state index contributed by atoms with van der Waals surface area (Å²) in [6, 6.07) is 19.4. The first-order valence-corrected chi connectivity index (χ1v) is 11.0. The third kappa shape index (κ3) is 5.08. The van der Waals surface area contributed by atoms with Crippen molar-refractivity contribution in [2.45, 2.75) is 23.4 Å². The summed E-state index contributed by atoms with van der Waals surface area (Å²) < 4.78 is 40.6. The van der Waals surface area contributed by atoms with Gasteiger partial charge in [0.05, 0.1) is 27.4 Å². The smallest absolute Gasteiger partial charge is 0.325 e. The van der Waals surface area contributed by atoms with Crippen LogP contribution in [0.5, 0.6) is 0 Å². The van der Waals surface area contributed by atoms with E-state index in [9.17, 15) is 18.0 Å². The maximum atomic E-state index is 13.0. The number of rotatable bonds is 6. The summed E-state index contributed by atoms with van der Waals surface area (Å²) >= 11 is 7.73. The van der Waals surface area contributed by atoms with Crippen LogP contribution in [0.4, 0.5) is 18.9 Å². The molecule has 0 atom stereocenters. The second-order valence-corrected chi connectivity index (χ2v) is 8.37. The number of alkyl halides is 3. The van der Waals surface area contributed by atoms with E-state index in [2.05, 4.69) is 10.3 Å². The summed E-state index contributed by atoms with van der Waals surface area (Å²) in [6.07, 6.45) is -4.48. The van der Waals surface area contributed by atoms with Gasteiger partial charge in [0.2, 0.25) is 5.91 Å². The lowest BCUT2D eigenvalue weighted by atomic mass is 10.2. The molecule has 1 aromatic heterocycles. The first kappa shape index (κ1) is 22.2. The molecule has 1 N–H and O–H groups in total. The maximum absolute atomic E-state index is 13.0. The number of anilines is 1. The van der Waals surface area contributed by atoms with Gasteiger partial charge in [-0.1, -0.05) is 41.9 Å². The number of halogens is 4. The topological polar surface area (TPSA) is 46.9 Å². The molecule has 1 heterocycles. The van der Waals surface area contributed by atoms with Crippen LogP contribution in [0.15, 0.2) is 77.7 Å². The molecule has 0 spiro atoms. The van der Waals surface area contributed by atoms with Crippen molar-refractivity contribution in [3.63, 3.8) is 0 Å². The Morgan fingerprint density at radius 3 is 2.56 bits per heavy atom. The third-order valence-corrected chi connectivity index (χ3v) is 6.21. The van der Waals surface area contributed by atoms with Crippen molar-refractivity contribution in [1.82, 2.24) is 9.55 Å². The number of carbonyl (C=O) groups is 1. The Balaban J connectivity index is 1.56. The van der Waals surface area contributed by atoms with Crippen LogP contribution in [0.2, 0.25) is 5.02 Å². The van der Waals surface area contributed by atoms with Crippen molar-refractivity contribution in [3.05, 3.63) is 89.2 Å². The Morgan fingerprint density at radius 1 is 1.03 bits per heavy atom. The number of aromatic nitrogens is 2. The highest BCUT2D eigenvalue weighted by atomic mass is 35.5. The molecule has 0 aliphatic rings. The van der Waals surface area contributed by atoms with E-state index in [0.29, 0.717) is 16.6 Å². The lowest BCUT2D eigenvalue weighted by Crippen LogP contribution is -2.20. The number of hydrogen-bond donors (Lipinski definition) is 1. The molecule has 1 amide bonds. The third-order valence-electron chi connectivity index (χ3n) is 4.70. The summed E-state index contributed by atoms with van der Waals surface area (Å²) in [4.78, 5) is 18.2. The molecular weight excluding hydrogens is 459 g/mol. The summed E-state index contributed by atoms with van der Waals surface area (Å²) in [7, 11) is 0. The Morgan fingerprint density at radius 2 is 1.78 bits per heavy atom. The van der Waals surface area contributed by atoms with Crippen molar-refractivity contribution in [2.75, 3.05) is 5.32 Å². The average Bonchev–Trinajstić information content (AvgIpc) is 3.10. The van der Waals surface area contributed by atoms with Crippen LogP contribution in [0.25, 0.3) is 11.0 Å². The molecule has 4 aromatic rings. The van der Waals surface area contributed by atoms with Crippen molar-refractivity contribution in [1.29, 1.82) is 0 Å². The molecule has 0 unspecified atom stereocenters. The minimum atomic E-state index is -4.48. The molecule has 0 aliphatic carbocycles. The summed E-state index contributed by atoms with van der Waals surface area (Å²) in [5, 5.41) is 3.18. The molecule has 0 radical (unpaired) electrons. The van der Waals surface area contributed by atoms with Gasteiger partial charge in [-0.15, -0.1) is 11.8 Å². The molecule has 0 saturated heterocycles. The van der Waals surface area contributed by atoms with Gasteiger partial charge in [-0.25, -0.2) is 4.98 Å². The van der Waals surface area contributed by atoms with Gasteiger partial charge in [-0.3, -0.25) is 4.79 Å². The Kier molecular flexibility index (Phi) is 6.43. The number of nitrogens with zero attached hydrogens (tertiary/aromatic N) is 2. The highest BCUT2D eigenvalue weighted by molar-refractivity contribution is 7.98. The lowest BCUT2D eigenvalue weighted by molar-refractivity contribution is -0.137. The fourth-order valence-corrected chi connectivity index (χ4v) is 4.42. The van der Waals surface area contributed by atoms with Crippen LogP contribution in [0.3, 0.4) is 0 Å². The second kappa shape index (κ2) is 9.26. The maximum Gasteiger partial charge on any atom is 0.416 e. The fraction of sp³-hybridized carbons (Fsp3) is 0.130. The van der Waals surface area contributed by atoms with Crippen LogP contribution < -0.4 is 5.32 Å². The average molecular weight is 476 g/mol. The first-order chi connectivity index (χ1) is 15.3. The van der Waals surface area contributed by atoms with Crippen molar-refractivity contribution >= 4 is 46.0 Å². The van der Waals surface area contributed by atoms with Gasteiger partial charge >= 0.3 is 6.18 Å². The van der Waals surface area contributed by atoms with E-state index < -0.39 is 17.6 Å². The predicted octanol–water partition coefficient (Wildman–Crippen LogP) is 6.64. The van der Waals surface area contributed by atoms with Gasteiger partial charge in [0.25, 0.3) is 0 Å². The fourth-order valence-electron chi connectivity index (χ4n) is 3.23. The van der Waals surface area contributed by atoms with Crippen LogP contribution in [-0.2, 0) is 23.3 Å². The predicted molar refractivity (Wildman–Crippen MR) is 121 cm³/mol. The first-order valence-electron chi connectivity index (χ1n) is 9.60. The molecule has 4 rings (SSSR count). The van der Waals surface area contributed by atoms with E-state index in [0.717, 1.165) is 28.1 Å². The lowest BCUT2D eigenvalue weighted by Gasteiger charge is -2.12. The van der Waals surface area contributed by atoms with Crippen LogP contribution in [0, 0.1) is 0 Å². The molecular formula is C23H17ClF3N3OS. The van der Waals surface area contributed by atoms with Gasteiger partial charge in [0, 0.05) is 10.6 Å². The van der Waals surface area contributed by atoms with Crippen molar-refractivity contribution in [3.8, 4) is 0 Å². The van der Waals surface area contributed by atoms with E-state index in [1.54, 1.807) is 10.6 Å². The van der Waals surface area contributed by atoms with Crippen molar-refractivity contribution < 1.29 is 18.0 Å². The molecule has 0 aliphatic heterocycles. The standard InChI is InChI=1S/C23H17ClF3N3OS/c24-17-8-1-4-11-20(17)32-14-21-29-18-9-2-3-10-19(18)30(21)13-22(31)28-16-7-5-6-15(12-16)23(25,26)27/h1-12H,13-14H2,(H,28,31). The number of imidazole rings is 1. The Bertz CT molecular complexity index is 1270. The monoisotopic (exact) mass is 475 g/mol. The van der Waals surface area contributed by atoms with E-state index >= 15 is 0 Å². The molecule has 0 bridgehead atoms. The van der Waals surface area contributed by atoms with Gasteiger partial charge in [0.15, 0.2) is 0 Å². The number of thioether (sulfide) groups is 1. The highest BCUT2D eigenvalue weighted by Gasteiger charge is 2.30. The molecule has 164 valence electrons. The zero-order valence-electron chi connectivity index (χ0n) is 16.6. The SMILES string of the molecule is O=C(Cn1c(CSc2ccccc2Cl)nc2ccccc21)Nc1cccc(C(F)(F)F)c1. The number of nitrogens with one attached hydrogen (secondary N) is 1. The van der Waals surface area contributed by atoms with E-state index in [1.165, 1.54) is 23.9 Å². The van der Waals surface area contributed by atoms with E-state index in [-0.39, 0.29) is 12.2 Å². The minimum absolute atomic E-state index is 0.0845. The molecule has 3 aromatic carbocycles. The van der Waals surface area contributed by atoms with E-state index in [1.807, 2.05) is 42.5 Å². The molecule has 32 heavy (non-hydrogen) atoms. The molecule has 0 saturated carbocycles. The number of amides is 1. The van der Waals surface area contributed by atoms with Gasteiger partial charge < -0.3 is 9.88 Å². The van der Waals surface area contributed by atoms with Crippen LogP contribution in [0.1, 0.15) is 11.4 Å². The number of fused-ring (bicyclic) bond motifs is 1. The zero-order chi connectivity index (χ0) is 22.7. The number of para-hydroxylation sites is 2. The molecule has 9 heteroatoms. The zero-order valence-corrected chi connectivity index (χ0v) is 18.1. The summed E-state index contributed by atoms with van der Waals surface area (Å²) in [5.41, 5.74) is 0.761.